The van der Waals surface area contributed by atoms with Crippen LogP contribution in [0.3, 0.4) is 0 Å². The molecule has 0 aliphatic carbocycles. The second-order valence-corrected chi connectivity index (χ2v) is 7.92. The number of para-hydroxylation sites is 1. The van der Waals surface area contributed by atoms with E-state index in [0.29, 0.717) is 40.9 Å². The number of pyridine rings is 1. The van der Waals surface area contributed by atoms with Gasteiger partial charge in [-0.05, 0) is 30.3 Å². The summed E-state index contributed by atoms with van der Waals surface area (Å²) in [6, 6.07) is 17.1. The van der Waals surface area contributed by atoms with Crippen molar-refractivity contribution in [2.24, 2.45) is 5.73 Å². The van der Waals surface area contributed by atoms with Crippen LogP contribution in [0, 0.1) is 0 Å². The van der Waals surface area contributed by atoms with Gasteiger partial charge in [0, 0.05) is 29.2 Å². The molecule has 2 aromatic carbocycles. The molecule has 4 heterocycles. The van der Waals surface area contributed by atoms with Crippen LogP contribution in [-0.4, -0.2) is 29.5 Å². The Bertz CT molecular complexity index is 1790. The molecule has 5 N–H and O–H groups in total. The lowest BCUT2D eigenvalue weighted by Crippen LogP contribution is -2.11. The molecule has 9 heteroatoms. The van der Waals surface area contributed by atoms with E-state index in [1.807, 2.05) is 48.7 Å². The molecule has 0 aliphatic rings. The summed E-state index contributed by atoms with van der Waals surface area (Å²) >= 11 is 0. The zero-order valence-electron chi connectivity index (χ0n) is 17.4. The van der Waals surface area contributed by atoms with Gasteiger partial charge in [0.2, 0.25) is 0 Å². The van der Waals surface area contributed by atoms with Crippen molar-refractivity contribution in [3.8, 4) is 11.3 Å². The van der Waals surface area contributed by atoms with Crippen molar-refractivity contribution in [3.05, 3.63) is 93.0 Å². The molecule has 4 aromatic heterocycles. The summed E-state index contributed by atoms with van der Waals surface area (Å²) in [5, 5.41) is 0.918. The van der Waals surface area contributed by atoms with Gasteiger partial charge in [0.05, 0.1) is 40.0 Å². The molecule has 6 rings (SSSR count). The van der Waals surface area contributed by atoms with E-state index in [2.05, 4.69) is 29.5 Å². The van der Waals surface area contributed by atoms with Crippen LogP contribution in [-0.2, 0) is 13.1 Å². The Morgan fingerprint density at radius 3 is 2.48 bits per heavy atom. The van der Waals surface area contributed by atoms with E-state index in [1.165, 1.54) is 0 Å². The van der Waals surface area contributed by atoms with Gasteiger partial charge in [-0.1, -0.05) is 24.3 Å². The number of aromatic nitrogens is 6. The van der Waals surface area contributed by atoms with Gasteiger partial charge in [-0.2, -0.15) is 0 Å². The molecule has 0 saturated carbocycles. The maximum atomic E-state index is 13.0. The standard InChI is InChI=1S/C24H19N7O2/c25-10-13-4-3-5-14(26-13)11-31-12-16(15-6-1-2-7-21(15)31)22-23(32)28-18-9-20-19(8-17(18)27-22)29-24(33)30-20/h1-9,12H,10-11,25H2,(H,28,32)(H2,29,30,33). The number of fused-ring (bicyclic) bond motifs is 3. The first-order valence-electron chi connectivity index (χ1n) is 10.5. The minimum absolute atomic E-state index is 0.300. The molecule has 0 bridgehead atoms. The molecule has 0 fully saturated rings. The third-order valence-electron chi connectivity index (χ3n) is 5.78. The van der Waals surface area contributed by atoms with Gasteiger partial charge in [-0.15, -0.1) is 0 Å². The van der Waals surface area contributed by atoms with Crippen molar-refractivity contribution in [1.29, 1.82) is 0 Å². The van der Waals surface area contributed by atoms with Gasteiger partial charge in [-0.3, -0.25) is 9.78 Å². The Labute approximate surface area is 185 Å². The van der Waals surface area contributed by atoms with Crippen LogP contribution in [0.1, 0.15) is 11.4 Å². The van der Waals surface area contributed by atoms with Crippen LogP contribution in [0.5, 0.6) is 0 Å². The first kappa shape index (κ1) is 19.2. The average Bonchev–Trinajstić information content (AvgIpc) is 3.36. The van der Waals surface area contributed by atoms with E-state index in [1.54, 1.807) is 12.1 Å². The maximum absolute atomic E-state index is 13.0. The van der Waals surface area contributed by atoms with Crippen molar-refractivity contribution in [2.75, 3.05) is 0 Å². The summed E-state index contributed by atoms with van der Waals surface area (Å²) in [5.41, 5.74) is 11.2. The van der Waals surface area contributed by atoms with Crippen molar-refractivity contribution in [2.45, 2.75) is 13.1 Å². The number of hydrogen-bond acceptors (Lipinski definition) is 5. The molecule has 0 unspecified atom stereocenters. The molecule has 33 heavy (non-hydrogen) atoms. The monoisotopic (exact) mass is 437 g/mol. The fourth-order valence-corrected chi connectivity index (χ4v) is 4.27. The van der Waals surface area contributed by atoms with Gasteiger partial charge < -0.3 is 25.3 Å². The summed E-state index contributed by atoms with van der Waals surface area (Å²) in [7, 11) is 0. The number of hydrogen-bond donors (Lipinski definition) is 4. The highest BCUT2D eigenvalue weighted by Crippen LogP contribution is 2.29. The van der Waals surface area contributed by atoms with Crippen molar-refractivity contribution < 1.29 is 0 Å². The fourth-order valence-electron chi connectivity index (χ4n) is 4.27. The van der Waals surface area contributed by atoms with Crippen LogP contribution >= 0.6 is 0 Å². The molecule has 9 nitrogen and oxygen atoms in total. The predicted molar refractivity (Wildman–Crippen MR) is 127 cm³/mol. The molecular weight excluding hydrogens is 418 g/mol. The quantitative estimate of drug-likeness (QED) is 0.336. The van der Waals surface area contributed by atoms with Crippen LogP contribution in [0.15, 0.2) is 70.4 Å². The molecule has 6 aromatic rings. The number of aromatic amines is 3. The third kappa shape index (κ3) is 3.22. The van der Waals surface area contributed by atoms with Crippen LogP contribution in [0.4, 0.5) is 0 Å². The Hall–Kier alpha value is -4.50. The predicted octanol–water partition coefficient (Wildman–Crippen LogP) is 2.62. The minimum atomic E-state index is -0.307. The molecule has 0 saturated heterocycles. The van der Waals surface area contributed by atoms with Gasteiger partial charge in [0.25, 0.3) is 5.56 Å². The largest absolute Gasteiger partial charge is 0.341 e. The third-order valence-corrected chi connectivity index (χ3v) is 5.78. The van der Waals surface area contributed by atoms with Crippen molar-refractivity contribution in [1.82, 2.24) is 29.5 Å². The highest BCUT2D eigenvalue weighted by atomic mass is 16.1. The van der Waals surface area contributed by atoms with Crippen LogP contribution < -0.4 is 17.0 Å². The Morgan fingerprint density at radius 2 is 1.64 bits per heavy atom. The summed E-state index contributed by atoms with van der Waals surface area (Å²) in [6.45, 7) is 0.909. The van der Waals surface area contributed by atoms with Gasteiger partial charge in [0.15, 0.2) is 0 Å². The Morgan fingerprint density at radius 1 is 0.848 bits per heavy atom. The molecule has 0 aliphatic heterocycles. The lowest BCUT2D eigenvalue weighted by molar-refractivity contribution is 0.794. The van der Waals surface area contributed by atoms with E-state index in [-0.39, 0.29) is 11.2 Å². The molecule has 0 atom stereocenters. The Balaban J connectivity index is 1.53. The topological polar surface area (TPSA) is 138 Å². The van der Waals surface area contributed by atoms with E-state index >= 15 is 0 Å². The molecule has 0 spiro atoms. The number of nitrogens with one attached hydrogen (secondary N) is 3. The number of nitrogens with two attached hydrogens (primary N) is 1. The number of rotatable bonds is 4. The summed E-state index contributed by atoms with van der Waals surface area (Å²) in [5.74, 6) is 0. The highest BCUT2D eigenvalue weighted by Gasteiger charge is 2.16. The first-order valence-corrected chi connectivity index (χ1v) is 10.5. The number of H-pyrrole nitrogens is 3. The SMILES string of the molecule is NCc1cccc(Cn2cc(-c3nc4cc5[nH]c(=O)[nH]c5cc4[nH]c3=O)c3ccccc32)n1. The van der Waals surface area contributed by atoms with E-state index in [4.69, 9.17) is 5.73 Å². The fraction of sp³-hybridized carbons (Fsp3) is 0.0833. The lowest BCUT2D eigenvalue weighted by atomic mass is 10.1. The number of benzene rings is 2. The normalized spacial score (nSPS) is 11.7. The van der Waals surface area contributed by atoms with Gasteiger partial charge >= 0.3 is 5.69 Å². The highest BCUT2D eigenvalue weighted by molar-refractivity contribution is 5.97. The smallest absolute Gasteiger partial charge is 0.323 e. The van der Waals surface area contributed by atoms with E-state index in [0.717, 1.165) is 27.9 Å². The van der Waals surface area contributed by atoms with Crippen molar-refractivity contribution >= 4 is 33.0 Å². The van der Waals surface area contributed by atoms with Gasteiger partial charge in [0.1, 0.15) is 5.69 Å². The summed E-state index contributed by atoms with van der Waals surface area (Å²) in [6.07, 6.45) is 1.93. The lowest BCUT2D eigenvalue weighted by Gasteiger charge is -2.06. The van der Waals surface area contributed by atoms with Crippen LogP contribution in [0.2, 0.25) is 0 Å². The second-order valence-electron chi connectivity index (χ2n) is 7.92. The maximum Gasteiger partial charge on any atom is 0.323 e. The minimum Gasteiger partial charge on any atom is -0.341 e. The zero-order chi connectivity index (χ0) is 22.5. The van der Waals surface area contributed by atoms with Gasteiger partial charge in [-0.25, -0.2) is 9.78 Å². The zero-order valence-corrected chi connectivity index (χ0v) is 17.4. The first-order chi connectivity index (χ1) is 16.1. The molecule has 0 amide bonds. The number of nitrogens with zero attached hydrogens (tertiary/aromatic N) is 3. The molecular formula is C24H19N7O2. The number of imidazole rings is 1. The Kier molecular flexibility index (Phi) is 4.24. The van der Waals surface area contributed by atoms with Crippen LogP contribution in [0.25, 0.3) is 44.2 Å². The van der Waals surface area contributed by atoms with Crippen molar-refractivity contribution in [3.63, 3.8) is 0 Å². The van der Waals surface area contributed by atoms with E-state index in [9.17, 15) is 9.59 Å². The summed E-state index contributed by atoms with van der Waals surface area (Å²) in [4.78, 5) is 42.3. The second kappa shape index (κ2) is 7.28. The molecule has 162 valence electrons. The molecule has 0 radical (unpaired) electrons. The average molecular weight is 437 g/mol. The summed E-state index contributed by atoms with van der Waals surface area (Å²) < 4.78 is 2.06. The van der Waals surface area contributed by atoms with E-state index < -0.39 is 0 Å².